The van der Waals surface area contributed by atoms with Crippen LogP contribution in [0.5, 0.6) is 0 Å². The molecule has 0 aliphatic heterocycles. The summed E-state index contributed by atoms with van der Waals surface area (Å²) in [5, 5.41) is 2.05. The predicted molar refractivity (Wildman–Crippen MR) is 75.4 cm³/mol. The van der Waals surface area contributed by atoms with Gasteiger partial charge in [0.25, 0.3) is 0 Å². The summed E-state index contributed by atoms with van der Waals surface area (Å²) in [5.41, 5.74) is 6.03. The summed E-state index contributed by atoms with van der Waals surface area (Å²) in [6, 6.07) is 4.50. The standard InChI is InChI=1S/C14H22N2OS/c1-10(13-7-4-8-18-13)16(2)14(17)9-11-5-3-6-12(11)15/h4,7-8,10-12H,3,5-6,9,15H2,1-2H3/t10?,11-,12+/m0/s1. The van der Waals surface area contributed by atoms with Crippen molar-refractivity contribution in [3.05, 3.63) is 22.4 Å². The molecule has 0 saturated heterocycles. The van der Waals surface area contributed by atoms with Crippen molar-refractivity contribution < 1.29 is 4.79 Å². The van der Waals surface area contributed by atoms with Crippen LogP contribution in [-0.2, 0) is 4.79 Å². The van der Waals surface area contributed by atoms with Crippen molar-refractivity contribution in [1.29, 1.82) is 0 Å². The molecule has 1 saturated carbocycles. The minimum atomic E-state index is 0.162. The second kappa shape index (κ2) is 5.85. The van der Waals surface area contributed by atoms with Gasteiger partial charge in [-0.05, 0) is 37.1 Å². The van der Waals surface area contributed by atoms with Crippen molar-refractivity contribution in [2.45, 2.75) is 44.7 Å². The van der Waals surface area contributed by atoms with Gasteiger partial charge in [0.05, 0.1) is 6.04 Å². The van der Waals surface area contributed by atoms with Gasteiger partial charge in [-0.2, -0.15) is 0 Å². The molecule has 1 fully saturated rings. The van der Waals surface area contributed by atoms with Crippen LogP contribution < -0.4 is 5.73 Å². The first kappa shape index (κ1) is 13.6. The Morgan fingerprint density at radius 3 is 2.94 bits per heavy atom. The molecule has 4 heteroatoms. The van der Waals surface area contributed by atoms with Gasteiger partial charge in [-0.15, -0.1) is 11.3 Å². The topological polar surface area (TPSA) is 46.3 Å². The number of carbonyl (C=O) groups is 1. The Bertz CT molecular complexity index is 391. The smallest absolute Gasteiger partial charge is 0.223 e. The maximum absolute atomic E-state index is 12.3. The van der Waals surface area contributed by atoms with Crippen LogP contribution in [0.2, 0.25) is 0 Å². The summed E-state index contributed by atoms with van der Waals surface area (Å²) < 4.78 is 0. The molecule has 1 unspecified atom stereocenters. The zero-order valence-electron chi connectivity index (χ0n) is 11.1. The number of amides is 1. The molecule has 1 aromatic rings. The minimum absolute atomic E-state index is 0.162. The van der Waals surface area contributed by atoms with Crippen molar-refractivity contribution in [1.82, 2.24) is 4.90 Å². The Hall–Kier alpha value is -0.870. The van der Waals surface area contributed by atoms with Crippen LogP contribution in [0.15, 0.2) is 17.5 Å². The van der Waals surface area contributed by atoms with E-state index in [1.54, 1.807) is 11.3 Å². The van der Waals surface area contributed by atoms with Crippen LogP contribution in [0.25, 0.3) is 0 Å². The number of nitrogens with zero attached hydrogens (tertiary/aromatic N) is 1. The monoisotopic (exact) mass is 266 g/mol. The van der Waals surface area contributed by atoms with E-state index in [1.165, 1.54) is 11.3 Å². The maximum atomic E-state index is 12.3. The molecule has 0 radical (unpaired) electrons. The Kier molecular flexibility index (Phi) is 4.40. The number of hydrogen-bond donors (Lipinski definition) is 1. The van der Waals surface area contributed by atoms with E-state index in [9.17, 15) is 4.79 Å². The van der Waals surface area contributed by atoms with Gasteiger partial charge >= 0.3 is 0 Å². The van der Waals surface area contributed by atoms with E-state index in [0.717, 1.165) is 12.8 Å². The average molecular weight is 266 g/mol. The third-order valence-corrected chi connectivity index (χ3v) is 5.13. The summed E-state index contributed by atoms with van der Waals surface area (Å²) in [6.45, 7) is 2.08. The lowest BCUT2D eigenvalue weighted by molar-refractivity contribution is -0.132. The lowest BCUT2D eigenvalue weighted by atomic mass is 9.99. The van der Waals surface area contributed by atoms with Crippen LogP contribution in [0, 0.1) is 5.92 Å². The largest absolute Gasteiger partial charge is 0.338 e. The summed E-state index contributed by atoms with van der Waals surface area (Å²) in [4.78, 5) is 15.4. The molecular weight excluding hydrogens is 244 g/mol. The zero-order chi connectivity index (χ0) is 13.1. The molecular formula is C14H22N2OS. The van der Waals surface area contributed by atoms with E-state index in [2.05, 4.69) is 18.4 Å². The van der Waals surface area contributed by atoms with Gasteiger partial charge in [-0.25, -0.2) is 0 Å². The predicted octanol–water partition coefficient (Wildman–Crippen LogP) is 2.79. The summed E-state index contributed by atoms with van der Waals surface area (Å²) in [6.07, 6.45) is 3.95. The summed E-state index contributed by atoms with van der Waals surface area (Å²) >= 11 is 1.70. The van der Waals surface area contributed by atoms with Gasteiger partial charge in [0.1, 0.15) is 0 Å². The fourth-order valence-electron chi connectivity index (χ4n) is 2.62. The van der Waals surface area contributed by atoms with E-state index in [0.29, 0.717) is 12.3 Å². The van der Waals surface area contributed by atoms with Gasteiger partial charge < -0.3 is 10.6 Å². The number of thiophene rings is 1. The molecule has 0 spiro atoms. The third kappa shape index (κ3) is 2.93. The normalized spacial score (nSPS) is 25.1. The van der Waals surface area contributed by atoms with E-state index >= 15 is 0 Å². The highest BCUT2D eigenvalue weighted by atomic mass is 32.1. The minimum Gasteiger partial charge on any atom is -0.338 e. The SMILES string of the molecule is CC(c1cccs1)N(C)C(=O)C[C@@H]1CCC[C@H]1N. The lowest BCUT2D eigenvalue weighted by Gasteiger charge is -2.26. The average Bonchev–Trinajstić information content (AvgIpc) is 3.00. The van der Waals surface area contributed by atoms with Crippen LogP contribution in [0.3, 0.4) is 0 Å². The molecule has 18 heavy (non-hydrogen) atoms. The molecule has 1 amide bonds. The van der Waals surface area contributed by atoms with Crippen molar-refractivity contribution in [3.8, 4) is 0 Å². The van der Waals surface area contributed by atoms with Crippen LogP contribution in [0.1, 0.15) is 43.5 Å². The fraction of sp³-hybridized carbons (Fsp3) is 0.643. The first-order valence-electron chi connectivity index (χ1n) is 6.64. The Labute approximate surface area is 113 Å². The first-order valence-corrected chi connectivity index (χ1v) is 7.52. The van der Waals surface area contributed by atoms with Crippen molar-refractivity contribution >= 4 is 17.2 Å². The molecule has 0 bridgehead atoms. The fourth-order valence-corrected chi connectivity index (χ4v) is 3.45. The number of nitrogens with two attached hydrogens (primary N) is 1. The molecule has 1 heterocycles. The van der Waals surface area contributed by atoms with Gasteiger partial charge in [0.2, 0.25) is 5.91 Å². The van der Waals surface area contributed by atoms with Crippen molar-refractivity contribution in [3.63, 3.8) is 0 Å². The Balaban J connectivity index is 1.92. The first-order chi connectivity index (χ1) is 8.59. The molecule has 2 rings (SSSR count). The lowest BCUT2D eigenvalue weighted by Crippen LogP contribution is -2.34. The van der Waals surface area contributed by atoms with E-state index in [-0.39, 0.29) is 18.0 Å². The maximum Gasteiger partial charge on any atom is 0.223 e. The Morgan fingerprint density at radius 1 is 1.61 bits per heavy atom. The molecule has 2 N–H and O–H groups in total. The van der Waals surface area contributed by atoms with Gasteiger partial charge in [0, 0.05) is 24.4 Å². The number of carbonyl (C=O) groups excluding carboxylic acids is 1. The highest BCUT2D eigenvalue weighted by molar-refractivity contribution is 7.10. The number of rotatable bonds is 4. The highest BCUT2D eigenvalue weighted by Gasteiger charge is 2.28. The zero-order valence-corrected chi connectivity index (χ0v) is 12.0. The van der Waals surface area contributed by atoms with Gasteiger partial charge in [-0.3, -0.25) is 4.79 Å². The molecule has 1 aromatic heterocycles. The van der Waals surface area contributed by atoms with Crippen molar-refractivity contribution in [2.75, 3.05) is 7.05 Å². The molecule has 3 nitrogen and oxygen atoms in total. The van der Waals surface area contributed by atoms with Crippen molar-refractivity contribution in [2.24, 2.45) is 11.7 Å². The quantitative estimate of drug-likeness (QED) is 0.911. The van der Waals surface area contributed by atoms with Crippen LogP contribution in [-0.4, -0.2) is 23.9 Å². The molecule has 3 atom stereocenters. The molecule has 0 aromatic carbocycles. The summed E-state index contributed by atoms with van der Waals surface area (Å²) in [7, 11) is 1.90. The third-order valence-electron chi connectivity index (χ3n) is 4.08. The molecule has 1 aliphatic carbocycles. The van der Waals surface area contributed by atoms with Gasteiger partial charge in [0.15, 0.2) is 0 Å². The Morgan fingerprint density at radius 2 is 2.39 bits per heavy atom. The van der Waals surface area contributed by atoms with E-state index < -0.39 is 0 Å². The van der Waals surface area contributed by atoms with E-state index in [4.69, 9.17) is 5.73 Å². The highest BCUT2D eigenvalue weighted by Crippen LogP contribution is 2.29. The molecule has 100 valence electrons. The molecule has 1 aliphatic rings. The van der Waals surface area contributed by atoms with Gasteiger partial charge in [-0.1, -0.05) is 12.5 Å². The second-order valence-electron chi connectivity index (χ2n) is 5.25. The van der Waals surface area contributed by atoms with E-state index in [1.807, 2.05) is 18.0 Å². The summed E-state index contributed by atoms with van der Waals surface area (Å²) in [5.74, 6) is 0.605. The number of hydrogen-bond acceptors (Lipinski definition) is 3. The van der Waals surface area contributed by atoms with Crippen LogP contribution in [0.4, 0.5) is 0 Å². The van der Waals surface area contributed by atoms with Crippen LogP contribution >= 0.6 is 11.3 Å². The second-order valence-corrected chi connectivity index (χ2v) is 6.23.